The van der Waals surface area contributed by atoms with Crippen LogP contribution in [0.3, 0.4) is 0 Å². The van der Waals surface area contributed by atoms with Crippen molar-refractivity contribution in [3.8, 4) is 6.07 Å². The number of aromatic nitrogens is 3. The first-order chi connectivity index (χ1) is 6.74. The van der Waals surface area contributed by atoms with Crippen LogP contribution in [0.25, 0.3) is 11.0 Å². The first kappa shape index (κ1) is 8.19. The Morgan fingerprint density at radius 3 is 3.00 bits per heavy atom. The number of hydrogen-bond donors (Lipinski definition) is 2. The molecule has 0 radical (unpaired) electrons. The number of fused-ring (bicyclic) bond motifs is 1. The molecule has 68 valence electrons. The van der Waals surface area contributed by atoms with Gasteiger partial charge in [0.1, 0.15) is 11.6 Å². The van der Waals surface area contributed by atoms with E-state index in [1.54, 1.807) is 6.07 Å². The van der Waals surface area contributed by atoms with Crippen molar-refractivity contribution < 1.29 is 9.90 Å². The molecule has 0 bridgehead atoms. The van der Waals surface area contributed by atoms with Crippen molar-refractivity contribution in [1.29, 1.82) is 5.26 Å². The number of hydrogen-bond acceptors (Lipinski definition) is 4. The van der Waals surface area contributed by atoms with Crippen LogP contribution in [0.1, 0.15) is 15.9 Å². The topological polar surface area (TPSA) is 103 Å². The number of nitrogens with one attached hydrogen (secondary N) is 1. The fourth-order valence-corrected chi connectivity index (χ4v) is 1.21. The lowest BCUT2D eigenvalue weighted by Crippen LogP contribution is -2.00. The van der Waals surface area contributed by atoms with E-state index in [-0.39, 0.29) is 16.6 Å². The summed E-state index contributed by atoms with van der Waals surface area (Å²) in [6.45, 7) is 0. The fourth-order valence-electron chi connectivity index (χ4n) is 1.21. The zero-order valence-corrected chi connectivity index (χ0v) is 6.85. The van der Waals surface area contributed by atoms with Gasteiger partial charge in [-0.05, 0) is 12.1 Å². The van der Waals surface area contributed by atoms with Crippen LogP contribution in [0, 0.1) is 11.3 Å². The number of H-pyrrole nitrogens is 1. The molecule has 0 aliphatic heterocycles. The molecule has 0 aliphatic carbocycles. The highest BCUT2D eigenvalue weighted by atomic mass is 16.4. The molecule has 2 N–H and O–H groups in total. The second kappa shape index (κ2) is 2.81. The van der Waals surface area contributed by atoms with E-state index in [0.29, 0.717) is 5.52 Å². The number of carbonyl (C=O) groups is 1. The van der Waals surface area contributed by atoms with Crippen LogP contribution in [0.2, 0.25) is 0 Å². The molecule has 6 nitrogen and oxygen atoms in total. The number of aromatic carboxylic acids is 1. The van der Waals surface area contributed by atoms with Crippen molar-refractivity contribution in [1.82, 2.24) is 15.4 Å². The van der Waals surface area contributed by atoms with Crippen LogP contribution in [0.4, 0.5) is 0 Å². The van der Waals surface area contributed by atoms with E-state index in [1.165, 1.54) is 12.1 Å². The predicted octanol–water partition coefficient (Wildman–Crippen LogP) is 0.528. The van der Waals surface area contributed by atoms with Gasteiger partial charge in [-0.3, -0.25) is 5.10 Å². The van der Waals surface area contributed by atoms with Crippen molar-refractivity contribution >= 4 is 17.0 Å². The van der Waals surface area contributed by atoms with Crippen LogP contribution < -0.4 is 0 Å². The van der Waals surface area contributed by atoms with Crippen molar-refractivity contribution in [3.63, 3.8) is 0 Å². The Hall–Kier alpha value is -2.42. The average Bonchev–Trinajstić information content (AvgIpc) is 2.63. The largest absolute Gasteiger partial charge is 0.478 e. The number of carboxylic acids is 1. The van der Waals surface area contributed by atoms with Gasteiger partial charge in [-0.1, -0.05) is 5.21 Å². The van der Waals surface area contributed by atoms with Gasteiger partial charge in [-0.15, -0.1) is 5.10 Å². The summed E-state index contributed by atoms with van der Waals surface area (Å²) in [4.78, 5) is 10.7. The van der Waals surface area contributed by atoms with Crippen LogP contribution in [0.15, 0.2) is 12.1 Å². The molecule has 2 rings (SSSR count). The number of nitrogens with zero attached hydrogens (tertiary/aromatic N) is 3. The summed E-state index contributed by atoms with van der Waals surface area (Å²) in [7, 11) is 0. The Labute approximate surface area is 77.8 Å². The monoisotopic (exact) mass is 188 g/mol. The van der Waals surface area contributed by atoms with Crippen LogP contribution >= 0.6 is 0 Å². The summed E-state index contributed by atoms with van der Waals surface area (Å²) in [6.07, 6.45) is 0. The first-order valence-electron chi connectivity index (χ1n) is 3.71. The molecule has 0 atom stereocenters. The summed E-state index contributed by atoms with van der Waals surface area (Å²) in [5.74, 6) is -1.15. The number of carboxylic acid groups (broad SMARTS) is 1. The Kier molecular flexibility index (Phi) is 1.65. The quantitative estimate of drug-likeness (QED) is 0.679. The van der Waals surface area contributed by atoms with Gasteiger partial charge in [0.05, 0.1) is 16.6 Å². The molecule has 0 saturated heterocycles. The second-order valence-electron chi connectivity index (χ2n) is 2.61. The highest BCUT2D eigenvalue weighted by molar-refractivity contribution is 5.97. The summed E-state index contributed by atoms with van der Waals surface area (Å²) in [6, 6.07) is 4.68. The van der Waals surface area contributed by atoms with Gasteiger partial charge in [0.2, 0.25) is 0 Å². The zero-order valence-electron chi connectivity index (χ0n) is 6.85. The maximum atomic E-state index is 10.7. The Balaban J connectivity index is 2.87. The lowest BCUT2D eigenvalue weighted by atomic mass is 10.1. The molecule has 2 aromatic rings. The minimum atomic E-state index is -1.15. The molecule has 0 aliphatic rings. The number of benzene rings is 1. The molecule has 14 heavy (non-hydrogen) atoms. The molecule has 6 heteroatoms. The fraction of sp³-hybridized carbons (Fsp3) is 0. The molecule has 1 heterocycles. The van der Waals surface area contributed by atoms with Gasteiger partial charge < -0.3 is 5.11 Å². The smallest absolute Gasteiger partial charge is 0.337 e. The van der Waals surface area contributed by atoms with E-state index < -0.39 is 5.97 Å². The second-order valence-corrected chi connectivity index (χ2v) is 2.61. The highest BCUT2D eigenvalue weighted by Gasteiger charge is 2.14. The van der Waals surface area contributed by atoms with Crippen LogP contribution in [-0.4, -0.2) is 26.5 Å². The highest BCUT2D eigenvalue weighted by Crippen LogP contribution is 2.17. The van der Waals surface area contributed by atoms with Gasteiger partial charge in [0.15, 0.2) is 0 Å². The Morgan fingerprint density at radius 1 is 1.57 bits per heavy atom. The maximum Gasteiger partial charge on any atom is 0.337 e. The van der Waals surface area contributed by atoms with E-state index in [2.05, 4.69) is 15.4 Å². The van der Waals surface area contributed by atoms with Gasteiger partial charge >= 0.3 is 5.97 Å². The van der Waals surface area contributed by atoms with Crippen molar-refractivity contribution in [2.24, 2.45) is 0 Å². The lowest BCUT2D eigenvalue weighted by molar-refractivity contribution is 0.0696. The third-order valence-electron chi connectivity index (χ3n) is 1.84. The van der Waals surface area contributed by atoms with E-state index in [1.807, 2.05) is 0 Å². The van der Waals surface area contributed by atoms with E-state index in [0.717, 1.165) is 0 Å². The van der Waals surface area contributed by atoms with E-state index in [9.17, 15) is 4.79 Å². The normalized spacial score (nSPS) is 9.93. The number of nitriles is 1. The molecule has 1 aromatic carbocycles. The molecular formula is C8H4N4O2. The van der Waals surface area contributed by atoms with E-state index in [4.69, 9.17) is 10.4 Å². The minimum absolute atomic E-state index is 0.0313. The zero-order chi connectivity index (χ0) is 10.1. The average molecular weight is 188 g/mol. The Morgan fingerprint density at radius 2 is 2.36 bits per heavy atom. The first-order valence-corrected chi connectivity index (χ1v) is 3.71. The van der Waals surface area contributed by atoms with Crippen LogP contribution in [0.5, 0.6) is 0 Å². The number of rotatable bonds is 1. The minimum Gasteiger partial charge on any atom is -0.478 e. The van der Waals surface area contributed by atoms with Crippen LogP contribution in [-0.2, 0) is 0 Å². The van der Waals surface area contributed by atoms with Crippen molar-refractivity contribution in [3.05, 3.63) is 23.3 Å². The Bertz CT molecular complexity index is 552. The van der Waals surface area contributed by atoms with Gasteiger partial charge in [0.25, 0.3) is 0 Å². The molecule has 0 fully saturated rings. The standard InChI is InChI=1S/C8H4N4O2/c9-3-5-4(8(13)14)1-2-6-7(5)11-12-10-6/h1-2H,(H,13,14)(H,10,11,12). The lowest BCUT2D eigenvalue weighted by Gasteiger charge is -1.96. The maximum absolute atomic E-state index is 10.7. The predicted molar refractivity (Wildman–Crippen MR) is 45.6 cm³/mol. The van der Waals surface area contributed by atoms with Crippen molar-refractivity contribution in [2.75, 3.05) is 0 Å². The molecule has 0 unspecified atom stereocenters. The number of aromatic amines is 1. The van der Waals surface area contributed by atoms with Gasteiger partial charge in [-0.25, -0.2) is 4.79 Å². The molecule has 1 aromatic heterocycles. The summed E-state index contributed by atoms with van der Waals surface area (Å²) < 4.78 is 0. The summed E-state index contributed by atoms with van der Waals surface area (Å²) in [5, 5.41) is 27.3. The molecule has 0 spiro atoms. The SMILES string of the molecule is N#Cc1c(C(=O)O)ccc2[nH]nnc12. The summed E-state index contributed by atoms with van der Waals surface area (Å²) >= 11 is 0. The molecule has 0 saturated carbocycles. The third kappa shape index (κ3) is 0.998. The van der Waals surface area contributed by atoms with Gasteiger partial charge in [-0.2, -0.15) is 5.26 Å². The molecular weight excluding hydrogens is 184 g/mol. The van der Waals surface area contributed by atoms with Crippen molar-refractivity contribution in [2.45, 2.75) is 0 Å². The van der Waals surface area contributed by atoms with Gasteiger partial charge in [0, 0.05) is 0 Å². The van der Waals surface area contributed by atoms with E-state index >= 15 is 0 Å². The molecule has 0 amide bonds. The third-order valence-corrected chi connectivity index (χ3v) is 1.84. The summed E-state index contributed by atoms with van der Waals surface area (Å²) in [5.41, 5.74) is 0.802.